The van der Waals surface area contributed by atoms with E-state index < -0.39 is 16.0 Å². The lowest BCUT2D eigenvalue weighted by molar-refractivity contribution is 0.0447. The number of primary sulfonamides is 1. The highest BCUT2D eigenvalue weighted by Crippen LogP contribution is 2.29. The molecule has 0 amide bonds. The van der Waals surface area contributed by atoms with Gasteiger partial charge in [-0.15, -0.1) is 0 Å². The third kappa shape index (κ3) is 4.36. The van der Waals surface area contributed by atoms with Crippen molar-refractivity contribution < 1.29 is 27.8 Å². The molecule has 0 heterocycles. The van der Waals surface area contributed by atoms with Crippen molar-refractivity contribution in [2.75, 3.05) is 13.2 Å². The normalized spacial score (nSPS) is 11.3. The molecule has 0 saturated carbocycles. The molecular weight excluding hydrogens is 370 g/mol. The summed E-state index contributed by atoms with van der Waals surface area (Å²) in [7, 11) is -3.76. The van der Waals surface area contributed by atoms with E-state index in [2.05, 4.69) is 0 Å². The number of benzene rings is 3. The Labute approximate surface area is 156 Å². The molecule has 3 rings (SSSR count). The zero-order valence-corrected chi connectivity index (χ0v) is 15.0. The van der Waals surface area contributed by atoms with Crippen molar-refractivity contribution in [3.63, 3.8) is 0 Å². The zero-order valence-electron chi connectivity index (χ0n) is 14.2. The number of fused-ring (bicyclic) bond motifs is 1. The molecule has 0 atom stereocenters. The minimum absolute atomic E-state index is 0.0203. The molecule has 3 aromatic carbocycles. The number of hydrogen-bond acceptors (Lipinski definition) is 6. The first-order chi connectivity index (χ1) is 12.9. The average Bonchev–Trinajstić information content (AvgIpc) is 2.65. The molecule has 3 N–H and O–H groups in total. The van der Waals surface area contributed by atoms with Crippen molar-refractivity contribution in [3.8, 4) is 11.5 Å². The van der Waals surface area contributed by atoms with E-state index in [1.54, 1.807) is 18.2 Å². The van der Waals surface area contributed by atoms with Crippen LogP contribution in [0.15, 0.2) is 65.6 Å². The van der Waals surface area contributed by atoms with Crippen LogP contribution in [0.4, 0.5) is 0 Å². The zero-order chi connectivity index (χ0) is 19.4. The van der Waals surface area contributed by atoms with Crippen LogP contribution >= 0.6 is 0 Å². The maximum Gasteiger partial charge on any atom is 0.342 e. The van der Waals surface area contributed by atoms with Crippen molar-refractivity contribution in [2.24, 2.45) is 5.14 Å². The van der Waals surface area contributed by atoms with Gasteiger partial charge >= 0.3 is 5.97 Å². The van der Waals surface area contributed by atoms with Crippen LogP contribution in [0.3, 0.4) is 0 Å². The van der Waals surface area contributed by atoms with E-state index in [1.807, 2.05) is 12.1 Å². The topological polar surface area (TPSA) is 116 Å². The van der Waals surface area contributed by atoms with E-state index in [1.165, 1.54) is 30.3 Å². The van der Waals surface area contributed by atoms with Gasteiger partial charge in [0, 0.05) is 5.39 Å². The number of nitrogens with two attached hydrogens (primary N) is 1. The van der Waals surface area contributed by atoms with Gasteiger partial charge in [0.1, 0.15) is 30.3 Å². The lowest BCUT2D eigenvalue weighted by atomic mass is 10.1. The second-order valence-corrected chi connectivity index (χ2v) is 7.25. The van der Waals surface area contributed by atoms with Crippen LogP contribution in [0.25, 0.3) is 10.8 Å². The Morgan fingerprint density at radius 2 is 1.67 bits per heavy atom. The number of aromatic hydroxyl groups is 1. The predicted octanol–water partition coefficient (Wildman–Crippen LogP) is 2.43. The van der Waals surface area contributed by atoms with Gasteiger partial charge in [0.25, 0.3) is 0 Å². The van der Waals surface area contributed by atoms with Gasteiger partial charge in [0.05, 0.1) is 4.90 Å². The van der Waals surface area contributed by atoms with E-state index in [0.29, 0.717) is 11.1 Å². The van der Waals surface area contributed by atoms with Gasteiger partial charge in [-0.1, -0.05) is 30.3 Å². The number of carbonyl (C=O) groups excluding carboxylic acids is 1. The number of sulfonamides is 1. The predicted molar refractivity (Wildman–Crippen MR) is 99.2 cm³/mol. The molecule has 0 bridgehead atoms. The first-order valence-electron chi connectivity index (χ1n) is 8.00. The van der Waals surface area contributed by atoms with E-state index in [4.69, 9.17) is 14.6 Å². The fourth-order valence-corrected chi connectivity index (χ4v) is 3.03. The smallest absolute Gasteiger partial charge is 0.342 e. The standard InChI is InChI=1S/C19H17NO6S/c20-27(23,24)15-8-6-14(7-9-15)25-11-12-26-19(22)17-10-5-13-3-1-2-4-16(13)18(17)21/h1-10,21H,11-12H2,(H2,20,23,24). The highest BCUT2D eigenvalue weighted by atomic mass is 32.2. The molecule has 0 unspecified atom stereocenters. The number of phenolic OH excluding ortho intramolecular Hbond substituents is 1. The second kappa shape index (κ2) is 7.65. The summed E-state index contributed by atoms with van der Waals surface area (Å²) in [5, 5.41) is 16.7. The Kier molecular flexibility index (Phi) is 5.29. The minimum Gasteiger partial charge on any atom is -0.506 e. The molecule has 140 valence electrons. The third-order valence-electron chi connectivity index (χ3n) is 3.86. The highest BCUT2D eigenvalue weighted by Gasteiger charge is 2.15. The summed E-state index contributed by atoms with van der Waals surface area (Å²) < 4.78 is 32.9. The van der Waals surface area contributed by atoms with Gasteiger partial charge in [-0.05, 0) is 35.7 Å². The largest absolute Gasteiger partial charge is 0.506 e. The third-order valence-corrected chi connectivity index (χ3v) is 4.79. The summed E-state index contributed by atoms with van der Waals surface area (Å²) in [6.07, 6.45) is 0. The molecule has 0 saturated heterocycles. The average molecular weight is 387 g/mol. The molecule has 27 heavy (non-hydrogen) atoms. The van der Waals surface area contributed by atoms with Gasteiger partial charge in [0.15, 0.2) is 0 Å². The molecule has 0 aromatic heterocycles. The van der Waals surface area contributed by atoms with Crippen LogP contribution in [0.5, 0.6) is 11.5 Å². The van der Waals surface area contributed by atoms with Gasteiger partial charge in [0.2, 0.25) is 10.0 Å². The van der Waals surface area contributed by atoms with Crippen LogP contribution in [-0.4, -0.2) is 32.7 Å². The van der Waals surface area contributed by atoms with E-state index in [-0.39, 0.29) is 29.4 Å². The maximum atomic E-state index is 12.2. The monoisotopic (exact) mass is 387 g/mol. The molecule has 0 radical (unpaired) electrons. The van der Waals surface area contributed by atoms with E-state index in [0.717, 1.165) is 5.39 Å². The van der Waals surface area contributed by atoms with Crippen LogP contribution in [-0.2, 0) is 14.8 Å². The van der Waals surface area contributed by atoms with Gasteiger partial charge in [-0.25, -0.2) is 18.4 Å². The Morgan fingerprint density at radius 3 is 2.37 bits per heavy atom. The molecule has 8 heteroatoms. The SMILES string of the molecule is NS(=O)(=O)c1ccc(OCCOC(=O)c2ccc3ccccc3c2O)cc1. The Morgan fingerprint density at radius 1 is 0.963 bits per heavy atom. The molecule has 3 aromatic rings. The quantitative estimate of drug-likeness (QED) is 0.496. The van der Waals surface area contributed by atoms with Gasteiger partial charge < -0.3 is 14.6 Å². The molecule has 0 spiro atoms. The Balaban J connectivity index is 1.56. The lowest BCUT2D eigenvalue weighted by Crippen LogP contribution is -2.13. The molecule has 0 aliphatic carbocycles. The fraction of sp³-hybridized carbons (Fsp3) is 0.105. The molecule has 0 aliphatic heterocycles. The summed E-state index contributed by atoms with van der Waals surface area (Å²) >= 11 is 0. The lowest BCUT2D eigenvalue weighted by Gasteiger charge is -2.10. The molecular formula is C19H17NO6S. The van der Waals surface area contributed by atoms with Crippen LogP contribution in [0.2, 0.25) is 0 Å². The Hall–Kier alpha value is -3.10. The van der Waals surface area contributed by atoms with Gasteiger partial charge in [-0.3, -0.25) is 0 Å². The van der Waals surface area contributed by atoms with Crippen LogP contribution < -0.4 is 9.88 Å². The fourth-order valence-electron chi connectivity index (χ4n) is 2.52. The van der Waals surface area contributed by atoms with Crippen molar-refractivity contribution in [1.82, 2.24) is 0 Å². The summed E-state index contributed by atoms with van der Waals surface area (Å²) in [4.78, 5) is 12.1. The first kappa shape index (κ1) is 18.7. The summed E-state index contributed by atoms with van der Waals surface area (Å²) in [6, 6.07) is 16.0. The second-order valence-electron chi connectivity index (χ2n) is 5.68. The number of phenols is 1. The van der Waals surface area contributed by atoms with Crippen molar-refractivity contribution in [3.05, 3.63) is 66.2 Å². The maximum absolute atomic E-state index is 12.2. The van der Waals surface area contributed by atoms with Crippen LogP contribution in [0, 0.1) is 0 Å². The number of esters is 1. The summed E-state index contributed by atoms with van der Waals surface area (Å²) in [5.41, 5.74) is 0.0752. The summed E-state index contributed by atoms with van der Waals surface area (Å²) in [6.45, 7) is 0.0246. The number of rotatable bonds is 6. The highest BCUT2D eigenvalue weighted by molar-refractivity contribution is 7.89. The van der Waals surface area contributed by atoms with Crippen LogP contribution in [0.1, 0.15) is 10.4 Å². The number of carbonyl (C=O) groups is 1. The minimum atomic E-state index is -3.76. The number of hydrogen-bond donors (Lipinski definition) is 2. The van der Waals surface area contributed by atoms with Crippen molar-refractivity contribution >= 4 is 26.8 Å². The number of ether oxygens (including phenoxy) is 2. The molecule has 0 aliphatic rings. The van der Waals surface area contributed by atoms with E-state index >= 15 is 0 Å². The first-order valence-corrected chi connectivity index (χ1v) is 9.54. The molecule has 7 nitrogen and oxygen atoms in total. The van der Waals surface area contributed by atoms with Gasteiger partial charge in [-0.2, -0.15) is 0 Å². The Bertz CT molecular complexity index is 1080. The summed E-state index contributed by atoms with van der Waals surface area (Å²) in [5.74, 6) is -0.379. The van der Waals surface area contributed by atoms with E-state index in [9.17, 15) is 18.3 Å². The van der Waals surface area contributed by atoms with Crippen molar-refractivity contribution in [2.45, 2.75) is 4.90 Å². The van der Waals surface area contributed by atoms with Crippen molar-refractivity contribution in [1.29, 1.82) is 0 Å². The molecule has 0 fully saturated rings.